The maximum Gasteiger partial charge on any atom is 0.421 e. The highest BCUT2D eigenvalue weighted by atomic mass is 35.7. The lowest BCUT2D eigenvalue weighted by Crippen LogP contribution is -2.14. The summed E-state index contributed by atoms with van der Waals surface area (Å²) in [6, 6.07) is 0.742. The van der Waals surface area contributed by atoms with Gasteiger partial charge >= 0.3 is 6.18 Å². The fourth-order valence-corrected chi connectivity index (χ4v) is 2.51. The van der Waals surface area contributed by atoms with Crippen LogP contribution >= 0.6 is 10.7 Å². The molecule has 0 N–H and O–H groups in total. The minimum absolute atomic E-state index is 0.244. The Bertz CT molecular complexity index is 644. The van der Waals surface area contributed by atoms with Gasteiger partial charge in [-0.15, -0.1) is 0 Å². The summed E-state index contributed by atoms with van der Waals surface area (Å²) < 4.78 is 65.8. The molecule has 0 aromatic heterocycles. The number of hydrogen-bond donors (Lipinski definition) is 0. The molecule has 0 saturated heterocycles. The molecule has 0 unspecified atom stereocenters. The molecule has 20 heavy (non-hydrogen) atoms. The third-order valence-corrected chi connectivity index (χ3v) is 3.45. The maximum atomic E-state index is 12.9. The van der Waals surface area contributed by atoms with Gasteiger partial charge in [0.25, 0.3) is 14.7 Å². The molecule has 0 fully saturated rings. The van der Waals surface area contributed by atoms with Gasteiger partial charge in [-0.25, -0.2) is 8.42 Å². The third kappa shape index (κ3) is 3.51. The number of benzene rings is 1. The quantitative estimate of drug-likeness (QED) is 0.480. The predicted octanol–water partition coefficient (Wildman–Crippen LogP) is 2.94. The van der Waals surface area contributed by atoms with Crippen molar-refractivity contribution in [3.05, 3.63) is 27.8 Å². The molecule has 0 atom stereocenters. The molecule has 1 rings (SSSR count). The lowest BCUT2D eigenvalue weighted by molar-refractivity contribution is -0.385. The topological polar surface area (TPSA) is 86.5 Å². The van der Waals surface area contributed by atoms with Crippen molar-refractivity contribution in [2.24, 2.45) is 0 Å². The van der Waals surface area contributed by atoms with Crippen molar-refractivity contribution in [3.63, 3.8) is 0 Å². The van der Waals surface area contributed by atoms with Crippen LogP contribution in [0.3, 0.4) is 0 Å². The van der Waals surface area contributed by atoms with E-state index >= 15 is 0 Å². The van der Waals surface area contributed by atoms with Gasteiger partial charge < -0.3 is 4.74 Å². The Morgan fingerprint density at radius 2 is 1.95 bits per heavy atom. The fraction of sp³-hybridized carbons (Fsp3) is 0.333. The van der Waals surface area contributed by atoms with Gasteiger partial charge in [0.1, 0.15) is 16.2 Å². The number of hydrogen-bond acceptors (Lipinski definition) is 5. The van der Waals surface area contributed by atoms with E-state index in [-0.39, 0.29) is 12.7 Å². The lowest BCUT2D eigenvalue weighted by atomic mass is 10.1. The van der Waals surface area contributed by atoms with Crippen LogP contribution < -0.4 is 4.74 Å². The van der Waals surface area contributed by atoms with E-state index < -0.39 is 42.0 Å². The summed E-state index contributed by atoms with van der Waals surface area (Å²) >= 11 is 0. The average molecular weight is 334 g/mol. The number of nitro benzene ring substituents is 1. The summed E-state index contributed by atoms with van der Waals surface area (Å²) in [6.45, 7) is 1.10. The highest BCUT2D eigenvalue weighted by molar-refractivity contribution is 8.13. The second kappa shape index (κ2) is 5.44. The van der Waals surface area contributed by atoms with Crippen LogP contribution in [0.15, 0.2) is 17.0 Å². The number of alkyl halides is 3. The molecule has 1 aromatic carbocycles. The molecule has 11 heteroatoms. The number of non-ortho nitro benzene ring substituents is 1. The minimum Gasteiger partial charge on any atom is -0.493 e. The number of rotatable bonds is 4. The molecule has 0 heterocycles. The molecular formula is C9H7ClF3NO5S. The van der Waals surface area contributed by atoms with E-state index in [4.69, 9.17) is 10.7 Å². The number of halogens is 4. The van der Waals surface area contributed by atoms with Crippen LogP contribution in [0.2, 0.25) is 0 Å². The van der Waals surface area contributed by atoms with Crippen LogP contribution in [0.5, 0.6) is 5.75 Å². The molecule has 0 aliphatic carbocycles. The average Bonchev–Trinajstić information content (AvgIpc) is 2.25. The smallest absolute Gasteiger partial charge is 0.421 e. The molecule has 6 nitrogen and oxygen atoms in total. The highest BCUT2D eigenvalue weighted by Crippen LogP contribution is 2.43. The van der Waals surface area contributed by atoms with Crippen LogP contribution in [0.25, 0.3) is 0 Å². The molecule has 0 saturated carbocycles. The largest absolute Gasteiger partial charge is 0.493 e. The van der Waals surface area contributed by atoms with Gasteiger partial charge in [-0.2, -0.15) is 13.2 Å². The number of nitro groups is 1. The molecule has 112 valence electrons. The monoisotopic (exact) mass is 333 g/mol. The molecule has 0 bridgehead atoms. The first-order chi connectivity index (χ1) is 8.98. The van der Waals surface area contributed by atoms with Gasteiger partial charge in [0.2, 0.25) is 0 Å². The van der Waals surface area contributed by atoms with E-state index in [2.05, 4.69) is 4.74 Å². The molecule has 0 amide bonds. The first-order valence-electron chi connectivity index (χ1n) is 4.95. The second-order valence-corrected chi connectivity index (χ2v) is 5.98. The Balaban J connectivity index is 3.81. The second-order valence-electron chi connectivity index (χ2n) is 3.44. The van der Waals surface area contributed by atoms with Crippen LogP contribution in [0.1, 0.15) is 12.5 Å². The molecule has 0 radical (unpaired) electrons. The standard InChI is InChI=1S/C9H7ClF3NO5S/c1-2-19-6-3-5(14(15)16)4-7(20(10,17)18)8(6)9(11,12)13/h3-4H,2H2,1H3. The summed E-state index contributed by atoms with van der Waals surface area (Å²) in [5.74, 6) is -0.964. The SMILES string of the molecule is CCOc1cc([N+](=O)[O-])cc(S(=O)(=O)Cl)c1C(F)(F)F. The fourth-order valence-electron chi connectivity index (χ4n) is 1.42. The number of ether oxygens (including phenoxy) is 1. The van der Waals surface area contributed by atoms with E-state index in [1.807, 2.05) is 0 Å². The summed E-state index contributed by atoms with van der Waals surface area (Å²) in [5, 5.41) is 10.6. The van der Waals surface area contributed by atoms with E-state index in [0.29, 0.717) is 6.07 Å². The van der Waals surface area contributed by atoms with Crippen molar-refractivity contribution in [2.45, 2.75) is 18.0 Å². The summed E-state index contributed by atoms with van der Waals surface area (Å²) in [4.78, 5) is 8.17. The van der Waals surface area contributed by atoms with Gasteiger partial charge in [-0.1, -0.05) is 0 Å². The summed E-state index contributed by atoms with van der Waals surface area (Å²) in [7, 11) is 0.0669. The lowest BCUT2D eigenvalue weighted by Gasteiger charge is -2.15. The predicted molar refractivity (Wildman–Crippen MR) is 62.3 cm³/mol. The Morgan fingerprint density at radius 3 is 2.30 bits per heavy atom. The zero-order valence-electron chi connectivity index (χ0n) is 9.77. The van der Waals surface area contributed by atoms with Gasteiger partial charge in [-0.3, -0.25) is 10.1 Å². The molecule has 0 aliphatic rings. The highest BCUT2D eigenvalue weighted by Gasteiger charge is 2.42. The van der Waals surface area contributed by atoms with Crippen LogP contribution in [0.4, 0.5) is 18.9 Å². The summed E-state index contributed by atoms with van der Waals surface area (Å²) in [6.07, 6.45) is -5.10. The molecular weight excluding hydrogens is 327 g/mol. The molecule has 0 spiro atoms. The normalized spacial score (nSPS) is 12.2. The number of nitrogens with zero attached hydrogens (tertiary/aromatic N) is 1. The zero-order chi connectivity index (χ0) is 15.7. The van der Waals surface area contributed by atoms with E-state index in [1.165, 1.54) is 6.92 Å². The first-order valence-corrected chi connectivity index (χ1v) is 7.26. The molecule has 1 aromatic rings. The van der Waals surface area contributed by atoms with Crippen LogP contribution in [-0.4, -0.2) is 19.9 Å². The van der Waals surface area contributed by atoms with Crippen LogP contribution in [0, 0.1) is 10.1 Å². The minimum atomic E-state index is -5.10. The molecule has 0 aliphatic heterocycles. The van der Waals surface area contributed by atoms with Gasteiger partial charge in [0.05, 0.1) is 17.6 Å². The van der Waals surface area contributed by atoms with Crippen molar-refractivity contribution < 1.29 is 31.2 Å². The van der Waals surface area contributed by atoms with Crippen molar-refractivity contribution in [1.82, 2.24) is 0 Å². The van der Waals surface area contributed by atoms with E-state index in [9.17, 15) is 31.7 Å². The van der Waals surface area contributed by atoms with E-state index in [0.717, 1.165) is 0 Å². The third-order valence-electron chi connectivity index (χ3n) is 2.11. The Morgan fingerprint density at radius 1 is 1.40 bits per heavy atom. The van der Waals surface area contributed by atoms with Gasteiger partial charge in [0.15, 0.2) is 0 Å². The zero-order valence-corrected chi connectivity index (χ0v) is 11.3. The van der Waals surface area contributed by atoms with Crippen molar-refractivity contribution in [3.8, 4) is 5.75 Å². The Kier molecular flexibility index (Phi) is 4.49. The van der Waals surface area contributed by atoms with E-state index in [1.54, 1.807) is 0 Å². The first kappa shape index (κ1) is 16.5. The Labute approximate surface area is 115 Å². The Hall–Kier alpha value is -1.55. The van der Waals surface area contributed by atoms with Crippen molar-refractivity contribution in [1.29, 1.82) is 0 Å². The van der Waals surface area contributed by atoms with Crippen molar-refractivity contribution in [2.75, 3.05) is 6.61 Å². The van der Waals surface area contributed by atoms with Gasteiger partial charge in [0, 0.05) is 16.7 Å². The summed E-state index contributed by atoms with van der Waals surface area (Å²) in [5.41, 5.74) is -2.54. The maximum absolute atomic E-state index is 12.9. The van der Waals surface area contributed by atoms with Gasteiger partial charge in [-0.05, 0) is 6.92 Å². The van der Waals surface area contributed by atoms with Crippen molar-refractivity contribution >= 4 is 25.4 Å². The van der Waals surface area contributed by atoms with Crippen LogP contribution in [-0.2, 0) is 15.2 Å².